The Bertz CT molecular complexity index is 1150. The van der Waals surface area contributed by atoms with Gasteiger partial charge in [-0.1, -0.05) is 91.0 Å². The summed E-state index contributed by atoms with van der Waals surface area (Å²) in [6.07, 6.45) is -2.00. The Morgan fingerprint density at radius 1 is 0.692 bits per heavy atom. The molecule has 206 valence electrons. The summed E-state index contributed by atoms with van der Waals surface area (Å²) < 4.78 is 30.3. The molecule has 39 heavy (non-hydrogen) atoms. The van der Waals surface area contributed by atoms with E-state index in [1.165, 1.54) is 13.8 Å². The molecular weight excluding hydrogens is 496 g/mol. The summed E-state index contributed by atoms with van der Waals surface area (Å²) in [5.74, 6) is -1.17. The van der Waals surface area contributed by atoms with E-state index in [0.717, 1.165) is 16.7 Å². The first-order valence-corrected chi connectivity index (χ1v) is 13.3. The van der Waals surface area contributed by atoms with Gasteiger partial charge in [-0.3, -0.25) is 9.59 Å². The van der Waals surface area contributed by atoms with Crippen LogP contribution in [0.5, 0.6) is 0 Å². The van der Waals surface area contributed by atoms with Crippen LogP contribution in [0.15, 0.2) is 91.0 Å². The van der Waals surface area contributed by atoms with Gasteiger partial charge in [0.1, 0.15) is 12.2 Å². The predicted molar refractivity (Wildman–Crippen MR) is 145 cm³/mol. The third kappa shape index (κ3) is 8.75. The fourth-order valence-corrected chi connectivity index (χ4v) is 4.94. The standard InChI is InChI=1S/C32H36O7/c1-23(33)38-29-18-28(31(32(29)39-24(2)34)37-21-27-16-10-5-11-17-27)30(36-20-26-14-8-4-9-15-26)22-35-19-25-12-6-3-7-13-25/h3-17,28-32H,18-22H2,1-2H3/t28-,29+,30+,31-,32-/m0/s1. The maximum absolute atomic E-state index is 12.1. The van der Waals surface area contributed by atoms with Gasteiger partial charge in [0.15, 0.2) is 6.10 Å². The van der Waals surface area contributed by atoms with Gasteiger partial charge in [0, 0.05) is 19.8 Å². The van der Waals surface area contributed by atoms with Gasteiger partial charge in [0.2, 0.25) is 0 Å². The zero-order valence-electron chi connectivity index (χ0n) is 22.4. The lowest BCUT2D eigenvalue weighted by atomic mass is 9.98. The molecule has 1 saturated carbocycles. The SMILES string of the molecule is CC(=O)O[C@@H]1[C@@H](OCc2ccccc2)[C@H]([C@@H](COCc2ccccc2)OCc2ccccc2)C[C@H]1OC(C)=O. The lowest BCUT2D eigenvalue weighted by Gasteiger charge is -2.30. The summed E-state index contributed by atoms with van der Waals surface area (Å²) in [6.45, 7) is 4.09. The molecule has 5 atom stereocenters. The Morgan fingerprint density at radius 3 is 1.74 bits per heavy atom. The van der Waals surface area contributed by atoms with Crippen molar-refractivity contribution in [2.45, 2.75) is 64.5 Å². The lowest BCUT2D eigenvalue weighted by molar-refractivity contribution is -0.173. The summed E-state index contributed by atoms with van der Waals surface area (Å²) >= 11 is 0. The second kappa shape index (κ2) is 14.6. The normalized spacial score (nSPS) is 21.3. The van der Waals surface area contributed by atoms with Gasteiger partial charge >= 0.3 is 11.9 Å². The lowest BCUT2D eigenvalue weighted by Crippen LogP contribution is -2.42. The van der Waals surface area contributed by atoms with Crippen molar-refractivity contribution in [1.29, 1.82) is 0 Å². The molecule has 0 amide bonds. The van der Waals surface area contributed by atoms with E-state index < -0.39 is 36.4 Å². The summed E-state index contributed by atoms with van der Waals surface area (Å²) in [6, 6.07) is 29.6. The second-order valence-corrected chi connectivity index (χ2v) is 9.72. The molecule has 0 unspecified atom stereocenters. The van der Waals surface area contributed by atoms with Gasteiger partial charge in [-0.05, 0) is 23.1 Å². The Balaban J connectivity index is 1.57. The fraction of sp³-hybridized carbons (Fsp3) is 0.375. The number of hydrogen-bond donors (Lipinski definition) is 0. The summed E-state index contributed by atoms with van der Waals surface area (Å²) in [5, 5.41) is 0. The molecule has 0 radical (unpaired) electrons. The average Bonchev–Trinajstić information content (AvgIpc) is 3.26. The second-order valence-electron chi connectivity index (χ2n) is 9.72. The minimum Gasteiger partial charge on any atom is -0.458 e. The first kappa shape index (κ1) is 28.5. The number of carbonyl (C=O) groups is 2. The number of esters is 2. The highest BCUT2D eigenvalue weighted by Gasteiger charge is 2.51. The van der Waals surface area contributed by atoms with Gasteiger partial charge in [-0.15, -0.1) is 0 Å². The Kier molecular flexibility index (Phi) is 10.7. The molecule has 7 nitrogen and oxygen atoms in total. The maximum atomic E-state index is 12.1. The van der Waals surface area contributed by atoms with Crippen LogP contribution in [0.2, 0.25) is 0 Å². The molecular formula is C32H36O7. The zero-order valence-corrected chi connectivity index (χ0v) is 22.4. The molecule has 0 N–H and O–H groups in total. The van der Waals surface area contributed by atoms with E-state index in [1.54, 1.807) is 0 Å². The number of rotatable bonds is 13. The Hall–Kier alpha value is -3.52. The zero-order chi connectivity index (χ0) is 27.5. The molecule has 0 spiro atoms. The van der Waals surface area contributed by atoms with Crippen molar-refractivity contribution < 1.29 is 33.3 Å². The molecule has 4 rings (SSSR count). The van der Waals surface area contributed by atoms with Crippen LogP contribution in [0, 0.1) is 5.92 Å². The van der Waals surface area contributed by atoms with E-state index >= 15 is 0 Å². The van der Waals surface area contributed by atoms with Gasteiger partial charge < -0.3 is 23.7 Å². The van der Waals surface area contributed by atoms with Crippen LogP contribution in [-0.4, -0.2) is 43.0 Å². The first-order chi connectivity index (χ1) is 19.0. The van der Waals surface area contributed by atoms with E-state index in [9.17, 15) is 9.59 Å². The monoisotopic (exact) mass is 532 g/mol. The molecule has 3 aromatic carbocycles. The number of hydrogen-bond acceptors (Lipinski definition) is 7. The van der Waals surface area contributed by atoms with Crippen LogP contribution in [0.25, 0.3) is 0 Å². The van der Waals surface area contributed by atoms with Crippen LogP contribution in [0.4, 0.5) is 0 Å². The smallest absolute Gasteiger partial charge is 0.303 e. The Morgan fingerprint density at radius 2 is 1.21 bits per heavy atom. The van der Waals surface area contributed by atoms with Crippen LogP contribution in [0.1, 0.15) is 37.0 Å². The Labute approximate surface area is 230 Å². The van der Waals surface area contributed by atoms with E-state index in [1.807, 2.05) is 91.0 Å². The first-order valence-electron chi connectivity index (χ1n) is 13.3. The van der Waals surface area contributed by atoms with Crippen LogP contribution in [0.3, 0.4) is 0 Å². The van der Waals surface area contributed by atoms with E-state index in [-0.39, 0.29) is 12.5 Å². The molecule has 1 aliphatic carbocycles. The largest absolute Gasteiger partial charge is 0.458 e. The van der Waals surface area contributed by atoms with Crippen LogP contribution < -0.4 is 0 Å². The van der Waals surface area contributed by atoms with Crippen molar-refractivity contribution in [3.63, 3.8) is 0 Å². The van der Waals surface area contributed by atoms with Gasteiger partial charge in [0.05, 0.1) is 32.5 Å². The number of ether oxygens (including phenoxy) is 5. The van der Waals surface area contributed by atoms with Crippen molar-refractivity contribution in [1.82, 2.24) is 0 Å². The van der Waals surface area contributed by atoms with Gasteiger partial charge in [0.25, 0.3) is 0 Å². The molecule has 0 aromatic heterocycles. The van der Waals surface area contributed by atoms with Crippen LogP contribution >= 0.6 is 0 Å². The molecule has 0 heterocycles. The summed E-state index contributed by atoms with van der Waals surface area (Å²) in [7, 11) is 0. The van der Waals surface area contributed by atoms with Crippen molar-refractivity contribution in [2.24, 2.45) is 5.92 Å². The van der Waals surface area contributed by atoms with Crippen molar-refractivity contribution in [3.05, 3.63) is 108 Å². The average molecular weight is 533 g/mol. The maximum Gasteiger partial charge on any atom is 0.303 e. The topological polar surface area (TPSA) is 80.3 Å². The van der Waals surface area contributed by atoms with E-state index in [2.05, 4.69) is 0 Å². The molecule has 7 heteroatoms. The van der Waals surface area contributed by atoms with Crippen molar-refractivity contribution in [2.75, 3.05) is 6.61 Å². The van der Waals surface area contributed by atoms with E-state index in [4.69, 9.17) is 23.7 Å². The predicted octanol–water partition coefficient (Wildman–Crippen LogP) is 5.26. The summed E-state index contributed by atoms with van der Waals surface area (Å²) in [4.78, 5) is 24.1. The molecule has 1 fully saturated rings. The minimum atomic E-state index is -0.767. The van der Waals surface area contributed by atoms with Crippen molar-refractivity contribution >= 4 is 11.9 Å². The quantitative estimate of drug-likeness (QED) is 0.278. The molecule has 0 saturated heterocycles. The molecule has 0 bridgehead atoms. The highest BCUT2D eigenvalue weighted by molar-refractivity contribution is 5.67. The van der Waals surface area contributed by atoms with Gasteiger partial charge in [-0.2, -0.15) is 0 Å². The highest BCUT2D eigenvalue weighted by atomic mass is 16.6. The molecule has 0 aliphatic heterocycles. The van der Waals surface area contributed by atoms with Crippen molar-refractivity contribution in [3.8, 4) is 0 Å². The van der Waals surface area contributed by atoms with E-state index in [0.29, 0.717) is 26.2 Å². The van der Waals surface area contributed by atoms with Crippen LogP contribution in [-0.2, 0) is 53.1 Å². The summed E-state index contributed by atoms with van der Waals surface area (Å²) in [5.41, 5.74) is 3.06. The molecule has 3 aromatic rings. The number of benzene rings is 3. The van der Waals surface area contributed by atoms with Gasteiger partial charge in [-0.25, -0.2) is 0 Å². The third-order valence-corrected chi connectivity index (χ3v) is 6.70. The fourth-order valence-electron chi connectivity index (χ4n) is 4.94. The molecule has 1 aliphatic rings. The minimum absolute atomic E-state index is 0.262. The highest BCUT2D eigenvalue weighted by Crippen LogP contribution is 2.38. The third-order valence-electron chi connectivity index (χ3n) is 6.70. The number of carbonyl (C=O) groups excluding carboxylic acids is 2.